The zero-order valence-corrected chi connectivity index (χ0v) is 17.1. The van der Waals surface area contributed by atoms with Gasteiger partial charge < -0.3 is 0 Å². The lowest BCUT2D eigenvalue weighted by Gasteiger charge is -2.39. The van der Waals surface area contributed by atoms with Crippen molar-refractivity contribution in [2.45, 2.75) is 50.6 Å². The zero-order valence-electron chi connectivity index (χ0n) is 15.4. The number of thiophene rings is 1. The second-order valence-electron chi connectivity index (χ2n) is 7.49. The lowest BCUT2D eigenvalue weighted by atomic mass is 10.0. The summed E-state index contributed by atoms with van der Waals surface area (Å²) in [5.41, 5.74) is 3.40. The van der Waals surface area contributed by atoms with Gasteiger partial charge in [0.25, 0.3) is 0 Å². The number of nitrogens with zero attached hydrogens (tertiary/aromatic N) is 2. The van der Waals surface area contributed by atoms with E-state index in [4.69, 9.17) is 0 Å². The van der Waals surface area contributed by atoms with E-state index < -0.39 is 10.0 Å². The van der Waals surface area contributed by atoms with Gasteiger partial charge in [0.15, 0.2) is 0 Å². The van der Waals surface area contributed by atoms with Crippen LogP contribution in [-0.2, 0) is 23.0 Å². The molecule has 26 heavy (non-hydrogen) atoms. The van der Waals surface area contributed by atoms with Crippen LogP contribution in [0.3, 0.4) is 0 Å². The van der Waals surface area contributed by atoms with Crippen LogP contribution in [0.4, 0.5) is 0 Å². The summed E-state index contributed by atoms with van der Waals surface area (Å²) in [4.78, 5) is 4.54. The van der Waals surface area contributed by atoms with E-state index in [1.165, 1.54) is 10.4 Å². The third-order valence-corrected chi connectivity index (χ3v) is 8.81. The molecule has 0 aliphatic carbocycles. The smallest absolute Gasteiger partial charge is 0.243 e. The standard InChI is InChI=1S/C20H26N2O2S2/c1-15-3-4-20(16(2)13-15)26(23,24)22-10-5-18(6-11-22)21-9-7-19-17(14-21)8-12-25-19/h3-4,8,12-13,18H,5-7,9-11,14H2,1-2H3. The average molecular weight is 391 g/mol. The maximum atomic E-state index is 13.0. The minimum Gasteiger partial charge on any atom is -0.296 e. The van der Waals surface area contributed by atoms with Gasteiger partial charge >= 0.3 is 0 Å². The molecule has 6 heteroatoms. The van der Waals surface area contributed by atoms with E-state index in [0.717, 1.165) is 43.5 Å². The van der Waals surface area contributed by atoms with Crippen molar-refractivity contribution in [1.82, 2.24) is 9.21 Å². The number of aryl methyl sites for hydroxylation is 2. The minimum absolute atomic E-state index is 0.461. The third kappa shape index (κ3) is 3.36. The molecule has 0 atom stereocenters. The first-order valence-electron chi connectivity index (χ1n) is 9.32. The fourth-order valence-electron chi connectivity index (χ4n) is 4.26. The molecule has 1 aromatic carbocycles. The summed E-state index contributed by atoms with van der Waals surface area (Å²) in [6.45, 7) is 7.24. The van der Waals surface area contributed by atoms with Gasteiger partial charge in [0, 0.05) is 37.1 Å². The third-order valence-electron chi connectivity index (χ3n) is 5.73. The first kappa shape index (κ1) is 18.2. The lowest BCUT2D eigenvalue weighted by Crippen LogP contribution is -2.47. The molecule has 0 bridgehead atoms. The summed E-state index contributed by atoms with van der Waals surface area (Å²) in [7, 11) is -3.39. The molecule has 0 N–H and O–H groups in total. The first-order chi connectivity index (χ1) is 12.4. The zero-order chi connectivity index (χ0) is 18.3. The highest BCUT2D eigenvalue weighted by Crippen LogP contribution is 2.30. The van der Waals surface area contributed by atoms with Crippen LogP contribution in [0.5, 0.6) is 0 Å². The van der Waals surface area contributed by atoms with E-state index in [9.17, 15) is 8.42 Å². The van der Waals surface area contributed by atoms with Crippen molar-refractivity contribution in [1.29, 1.82) is 0 Å². The average Bonchev–Trinajstić information content (AvgIpc) is 3.09. The predicted molar refractivity (Wildman–Crippen MR) is 106 cm³/mol. The van der Waals surface area contributed by atoms with E-state index >= 15 is 0 Å². The van der Waals surface area contributed by atoms with Gasteiger partial charge in [0.2, 0.25) is 10.0 Å². The quantitative estimate of drug-likeness (QED) is 0.804. The number of sulfonamides is 1. The van der Waals surface area contributed by atoms with Crippen molar-refractivity contribution in [2.24, 2.45) is 0 Å². The molecule has 140 valence electrons. The molecule has 2 aromatic rings. The van der Waals surface area contributed by atoms with Crippen LogP contribution in [0, 0.1) is 13.8 Å². The molecule has 1 fully saturated rings. The van der Waals surface area contributed by atoms with Crippen molar-refractivity contribution in [3.63, 3.8) is 0 Å². The molecule has 1 saturated heterocycles. The Kier molecular flexibility index (Phi) is 4.94. The highest BCUT2D eigenvalue weighted by atomic mass is 32.2. The van der Waals surface area contributed by atoms with Gasteiger partial charge in [0.05, 0.1) is 4.90 Å². The van der Waals surface area contributed by atoms with Crippen molar-refractivity contribution < 1.29 is 8.42 Å². The Morgan fingerprint density at radius 2 is 1.85 bits per heavy atom. The van der Waals surface area contributed by atoms with Crippen molar-refractivity contribution in [3.8, 4) is 0 Å². The SMILES string of the molecule is Cc1ccc(S(=O)(=O)N2CCC(N3CCc4sccc4C3)CC2)c(C)c1. The fraction of sp³-hybridized carbons (Fsp3) is 0.500. The molecule has 2 aliphatic rings. The summed E-state index contributed by atoms with van der Waals surface area (Å²) in [6, 6.07) is 8.33. The van der Waals surface area contributed by atoms with Crippen LogP contribution in [0.2, 0.25) is 0 Å². The summed E-state index contributed by atoms with van der Waals surface area (Å²) in [5, 5.41) is 2.19. The van der Waals surface area contributed by atoms with Gasteiger partial charge in [0.1, 0.15) is 0 Å². The molecule has 0 amide bonds. The molecule has 3 heterocycles. The number of rotatable bonds is 3. The fourth-order valence-corrected chi connectivity index (χ4v) is 6.82. The molecule has 0 radical (unpaired) electrons. The van der Waals surface area contributed by atoms with Crippen LogP contribution in [-0.4, -0.2) is 43.3 Å². The molecule has 0 spiro atoms. The van der Waals surface area contributed by atoms with Crippen molar-refractivity contribution in [3.05, 3.63) is 51.2 Å². The van der Waals surface area contributed by atoms with Gasteiger partial charge in [-0.3, -0.25) is 4.90 Å². The molecular formula is C20H26N2O2S2. The Bertz CT molecular complexity index is 896. The van der Waals surface area contributed by atoms with E-state index in [2.05, 4.69) is 16.3 Å². The minimum atomic E-state index is -3.39. The van der Waals surface area contributed by atoms with Crippen LogP contribution in [0.15, 0.2) is 34.5 Å². The highest BCUT2D eigenvalue weighted by Gasteiger charge is 2.33. The maximum absolute atomic E-state index is 13.0. The van der Waals surface area contributed by atoms with E-state index in [1.807, 2.05) is 37.3 Å². The first-order valence-corrected chi connectivity index (χ1v) is 11.6. The highest BCUT2D eigenvalue weighted by molar-refractivity contribution is 7.89. The van der Waals surface area contributed by atoms with E-state index in [-0.39, 0.29) is 0 Å². The normalized spacial score (nSPS) is 20.2. The van der Waals surface area contributed by atoms with Gasteiger partial charge in [-0.25, -0.2) is 8.42 Å². The molecule has 2 aliphatic heterocycles. The van der Waals surface area contributed by atoms with Gasteiger partial charge in [-0.05, 0) is 61.7 Å². The van der Waals surface area contributed by atoms with Crippen LogP contribution in [0.25, 0.3) is 0 Å². The number of fused-ring (bicyclic) bond motifs is 1. The van der Waals surface area contributed by atoms with Crippen LogP contribution < -0.4 is 0 Å². The lowest BCUT2D eigenvalue weighted by molar-refractivity contribution is 0.127. The Labute approximate surface area is 160 Å². The Morgan fingerprint density at radius 3 is 2.58 bits per heavy atom. The second-order valence-corrected chi connectivity index (χ2v) is 10.4. The largest absolute Gasteiger partial charge is 0.296 e. The summed E-state index contributed by atoms with van der Waals surface area (Å²) in [6.07, 6.45) is 2.97. The summed E-state index contributed by atoms with van der Waals surface area (Å²) < 4.78 is 27.8. The summed E-state index contributed by atoms with van der Waals surface area (Å²) in [5.74, 6) is 0. The number of hydrogen-bond acceptors (Lipinski definition) is 4. The number of benzene rings is 1. The van der Waals surface area contributed by atoms with Crippen molar-refractivity contribution in [2.75, 3.05) is 19.6 Å². The molecule has 0 saturated carbocycles. The molecule has 4 rings (SSSR count). The number of piperidine rings is 1. The van der Waals surface area contributed by atoms with Crippen molar-refractivity contribution >= 4 is 21.4 Å². The van der Waals surface area contributed by atoms with E-state index in [0.29, 0.717) is 24.0 Å². The molecular weight excluding hydrogens is 364 g/mol. The second kappa shape index (κ2) is 7.08. The molecule has 0 unspecified atom stereocenters. The molecule has 4 nitrogen and oxygen atoms in total. The van der Waals surface area contributed by atoms with Gasteiger partial charge in [-0.1, -0.05) is 17.7 Å². The maximum Gasteiger partial charge on any atom is 0.243 e. The number of hydrogen-bond donors (Lipinski definition) is 0. The topological polar surface area (TPSA) is 40.6 Å². The van der Waals surface area contributed by atoms with Gasteiger partial charge in [-0.2, -0.15) is 4.31 Å². The van der Waals surface area contributed by atoms with E-state index in [1.54, 1.807) is 10.4 Å². The Balaban J connectivity index is 1.43. The Hall–Kier alpha value is -1.21. The van der Waals surface area contributed by atoms with Crippen LogP contribution in [0.1, 0.15) is 34.4 Å². The Morgan fingerprint density at radius 1 is 1.08 bits per heavy atom. The molecule has 1 aromatic heterocycles. The van der Waals surface area contributed by atoms with Crippen LogP contribution >= 0.6 is 11.3 Å². The monoisotopic (exact) mass is 390 g/mol. The predicted octanol–water partition coefficient (Wildman–Crippen LogP) is 3.58. The summed E-state index contributed by atoms with van der Waals surface area (Å²) >= 11 is 1.86. The van der Waals surface area contributed by atoms with Gasteiger partial charge in [-0.15, -0.1) is 11.3 Å².